The molecule has 0 aromatic rings. The molecule has 0 aliphatic carbocycles. The third-order valence-corrected chi connectivity index (χ3v) is 5.27. The number of amides is 2. The Labute approximate surface area is 252 Å². The minimum Gasteiger partial charge on any atom is -0.379 e. The van der Waals surface area contributed by atoms with Crippen molar-refractivity contribution in [3.63, 3.8) is 0 Å². The van der Waals surface area contributed by atoms with Crippen LogP contribution in [0.4, 0.5) is 0 Å². The number of carbonyl (C=O) groups excluding carboxylic acids is 2. The molecule has 0 aromatic carbocycles. The summed E-state index contributed by atoms with van der Waals surface area (Å²) in [5.41, 5.74) is 0. The van der Waals surface area contributed by atoms with Gasteiger partial charge in [0, 0.05) is 39.5 Å². The SMILES string of the molecule is CCOCCOCCOCCNC(=O)CN(CCOCCOCCOCC)CC(=O)NCCOCCOCCOCC. The van der Waals surface area contributed by atoms with Gasteiger partial charge in [-0.25, -0.2) is 0 Å². The van der Waals surface area contributed by atoms with E-state index in [9.17, 15) is 9.59 Å². The molecule has 2 amide bonds. The Morgan fingerprint density at radius 3 is 1.05 bits per heavy atom. The van der Waals surface area contributed by atoms with Crippen molar-refractivity contribution in [3.8, 4) is 0 Å². The molecule has 14 heteroatoms. The highest BCUT2D eigenvalue weighted by atomic mass is 16.6. The summed E-state index contributed by atoms with van der Waals surface area (Å²) in [6, 6.07) is 0. The standard InChI is InChI=1S/C28H57N3O11/c1-4-34-13-16-40-22-19-37-10-7-29-27(32)25-31(9-12-39-21-24-42-18-15-36-6-3)26-28(33)30-8-11-38-20-23-41-17-14-35-5-2/h4-26H2,1-3H3,(H,29,32)(H,30,33). The second kappa shape index (κ2) is 34.0. The first kappa shape index (κ1) is 40.5. The lowest BCUT2D eigenvalue weighted by Gasteiger charge is -2.21. The summed E-state index contributed by atoms with van der Waals surface area (Å²) in [5, 5.41) is 5.64. The third kappa shape index (κ3) is 31.5. The van der Waals surface area contributed by atoms with Crippen LogP contribution < -0.4 is 10.6 Å². The number of hydrogen-bond acceptors (Lipinski definition) is 12. The Balaban J connectivity index is 4.19. The van der Waals surface area contributed by atoms with Crippen LogP contribution in [-0.4, -0.2) is 168 Å². The zero-order valence-corrected chi connectivity index (χ0v) is 26.2. The lowest BCUT2D eigenvalue weighted by atomic mass is 10.4. The Bertz CT molecular complexity index is 553. The molecule has 42 heavy (non-hydrogen) atoms. The van der Waals surface area contributed by atoms with Gasteiger partial charge in [0.05, 0.1) is 112 Å². The van der Waals surface area contributed by atoms with E-state index in [-0.39, 0.29) is 24.9 Å². The summed E-state index contributed by atoms with van der Waals surface area (Å²) in [6.07, 6.45) is 0. The molecular formula is C28H57N3O11. The van der Waals surface area contributed by atoms with Crippen LogP contribution in [0.2, 0.25) is 0 Å². The van der Waals surface area contributed by atoms with Gasteiger partial charge in [0.15, 0.2) is 0 Å². The largest absolute Gasteiger partial charge is 0.379 e. The fourth-order valence-corrected chi connectivity index (χ4v) is 3.20. The van der Waals surface area contributed by atoms with E-state index < -0.39 is 0 Å². The Morgan fingerprint density at radius 2 is 0.714 bits per heavy atom. The van der Waals surface area contributed by atoms with Gasteiger partial charge in [-0.3, -0.25) is 14.5 Å². The number of ether oxygens (including phenoxy) is 9. The molecule has 0 saturated carbocycles. The van der Waals surface area contributed by atoms with Crippen molar-refractivity contribution in [3.05, 3.63) is 0 Å². The Hall–Kier alpha value is -1.46. The predicted octanol–water partition coefficient (Wildman–Crippen LogP) is -0.270. The first-order valence-electron chi connectivity index (χ1n) is 15.1. The zero-order valence-electron chi connectivity index (χ0n) is 26.2. The fraction of sp³-hybridized carbons (Fsp3) is 0.929. The third-order valence-electron chi connectivity index (χ3n) is 5.27. The van der Waals surface area contributed by atoms with Crippen LogP contribution in [-0.2, 0) is 52.2 Å². The number of nitrogens with one attached hydrogen (secondary N) is 2. The molecule has 0 radical (unpaired) electrons. The van der Waals surface area contributed by atoms with Crippen LogP contribution in [0.25, 0.3) is 0 Å². The van der Waals surface area contributed by atoms with Crippen LogP contribution in [0, 0.1) is 0 Å². The topological polar surface area (TPSA) is 145 Å². The first-order valence-corrected chi connectivity index (χ1v) is 15.1. The van der Waals surface area contributed by atoms with E-state index in [2.05, 4.69) is 10.6 Å². The van der Waals surface area contributed by atoms with Crippen LogP contribution in [0.5, 0.6) is 0 Å². The summed E-state index contributed by atoms with van der Waals surface area (Å²) in [4.78, 5) is 26.7. The zero-order chi connectivity index (χ0) is 30.8. The van der Waals surface area contributed by atoms with Gasteiger partial charge < -0.3 is 53.3 Å². The van der Waals surface area contributed by atoms with Crippen LogP contribution in [0.15, 0.2) is 0 Å². The number of hydrogen-bond donors (Lipinski definition) is 2. The van der Waals surface area contributed by atoms with Crippen LogP contribution in [0.1, 0.15) is 20.8 Å². The Kier molecular flexibility index (Phi) is 32.9. The van der Waals surface area contributed by atoms with Gasteiger partial charge in [-0.05, 0) is 20.8 Å². The van der Waals surface area contributed by atoms with Gasteiger partial charge >= 0.3 is 0 Å². The second-order valence-electron chi connectivity index (χ2n) is 8.68. The number of nitrogens with zero attached hydrogens (tertiary/aromatic N) is 1. The lowest BCUT2D eigenvalue weighted by Crippen LogP contribution is -2.45. The molecule has 0 aromatic heterocycles. The minimum absolute atomic E-state index is 0.0533. The normalized spacial score (nSPS) is 11.3. The highest BCUT2D eigenvalue weighted by Gasteiger charge is 2.14. The molecule has 0 spiro atoms. The maximum Gasteiger partial charge on any atom is 0.234 e. The van der Waals surface area contributed by atoms with Crippen molar-refractivity contribution in [2.75, 3.05) is 152 Å². The van der Waals surface area contributed by atoms with E-state index in [1.165, 1.54) is 0 Å². The quantitative estimate of drug-likeness (QED) is 0.0925. The summed E-state index contributed by atoms with van der Waals surface area (Å²) in [6.45, 7) is 16.0. The second-order valence-corrected chi connectivity index (χ2v) is 8.68. The maximum absolute atomic E-state index is 12.5. The summed E-state index contributed by atoms with van der Waals surface area (Å²) >= 11 is 0. The molecule has 0 aliphatic heterocycles. The van der Waals surface area contributed by atoms with Gasteiger partial charge in [-0.1, -0.05) is 0 Å². The molecule has 2 N–H and O–H groups in total. The monoisotopic (exact) mass is 611 g/mol. The van der Waals surface area contributed by atoms with E-state index in [0.29, 0.717) is 139 Å². The summed E-state index contributed by atoms with van der Waals surface area (Å²) < 4.78 is 48.4. The number of carbonyl (C=O) groups is 2. The smallest absolute Gasteiger partial charge is 0.234 e. The summed E-state index contributed by atoms with van der Waals surface area (Å²) in [5.74, 6) is -0.405. The van der Waals surface area contributed by atoms with Gasteiger partial charge in [0.1, 0.15) is 0 Å². The van der Waals surface area contributed by atoms with Crippen molar-refractivity contribution in [2.24, 2.45) is 0 Å². The van der Waals surface area contributed by atoms with E-state index in [4.69, 9.17) is 42.6 Å². The first-order chi connectivity index (χ1) is 20.6. The predicted molar refractivity (Wildman–Crippen MR) is 157 cm³/mol. The molecule has 0 bridgehead atoms. The van der Waals surface area contributed by atoms with Crippen molar-refractivity contribution in [1.82, 2.24) is 15.5 Å². The minimum atomic E-state index is -0.203. The van der Waals surface area contributed by atoms with Crippen molar-refractivity contribution in [2.45, 2.75) is 20.8 Å². The van der Waals surface area contributed by atoms with E-state index in [1.54, 1.807) is 4.90 Å². The molecule has 0 atom stereocenters. The molecular weight excluding hydrogens is 554 g/mol. The molecule has 250 valence electrons. The molecule has 0 rings (SSSR count). The summed E-state index contributed by atoms with van der Waals surface area (Å²) in [7, 11) is 0. The maximum atomic E-state index is 12.5. The van der Waals surface area contributed by atoms with Crippen molar-refractivity contribution in [1.29, 1.82) is 0 Å². The fourth-order valence-electron chi connectivity index (χ4n) is 3.20. The van der Waals surface area contributed by atoms with Crippen molar-refractivity contribution < 1.29 is 52.2 Å². The lowest BCUT2D eigenvalue weighted by molar-refractivity contribution is -0.125. The number of rotatable bonds is 34. The van der Waals surface area contributed by atoms with Gasteiger partial charge in [0.25, 0.3) is 0 Å². The molecule has 0 saturated heterocycles. The molecule has 14 nitrogen and oxygen atoms in total. The van der Waals surface area contributed by atoms with Crippen molar-refractivity contribution >= 4 is 11.8 Å². The molecule has 0 aliphatic rings. The van der Waals surface area contributed by atoms with E-state index in [1.807, 2.05) is 20.8 Å². The highest BCUT2D eigenvalue weighted by Crippen LogP contribution is 1.92. The van der Waals surface area contributed by atoms with E-state index in [0.717, 1.165) is 0 Å². The molecule has 0 fully saturated rings. The molecule has 0 unspecified atom stereocenters. The average Bonchev–Trinajstić information content (AvgIpc) is 2.98. The van der Waals surface area contributed by atoms with Gasteiger partial charge in [-0.15, -0.1) is 0 Å². The van der Waals surface area contributed by atoms with Gasteiger partial charge in [0.2, 0.25) is 11.8 Å². The average molecular weight is 612 g/mol. The highest BCUT2D eigenvalue weighted by molar-refractivity contribution is 5.81. The molecule has 0 heterocycles. The van der Waals surface area contributed by atoms with Crippen LogP contribution >= 0.6 is 0 Å². The van der Waals surface area contributed by atoms with Gasteiger partial charge in [-0.2, -0.15) is 0 Å². The van der Waals surface area contributed by atoms with E-state index >= 15 is 0 Å². The Morgan fingerprint density at radius 1 is 0.429 bits per heavy atom. The van der Waals surface area contributed by atoms with Crippen LogP contribution in [0.3, 0.4) is 0 Å².